The highest BCUT2D eigenvalue weighted by Crippen LogP contribution is 2.29. The van der Waals surface area contributed by atoms with E-state index in [0.717, 1.165) is 25.2 Å². The molecule has 5 heteroatoms. The van der Waals surface area contributed by atoms with E-state index in [0.29, 0.717) is 23.5 Å². The van der Waals surface area contributed by atoms with Crippen LogP contribution in [0, 0.1) is 6.92 Å². The maximum Gasteiger partial charge on any atom is 0.254 e. The second kappa shape index (κ2) is 5.05. The van der Waals surface area contributed by atoms with Crippen LogP contribution in [0.1, 0.15) is 35.3 Å². The van der Waals surface area contributed by atoms with Gasteiger partial charge in [-0.3, -0.25) is 9.69 Å². The molecule has 0 radical (unpaired) electrons. The fourth-order valence-electron chi connectivity index (χ4n) is 3.49. The van der Waals surface area contributed by atoms with Crippen molar-refractivity contribution in [3.8, 4) is 0 Å². The van der Waals surface area contributed by atoms with E-state index < -0.39 is 0 Å². The Morgan fingerprint density at radius 1 is 1.30 bits per heavy atom. The molecule has 0 aliphatic carbocycles. The van der Waals surface area contributed by atoms with Crippen LogP contribution in [0.3, 0.4) is 0 Å². The number of aromatic nitrogens is 1. The molecule has 2 aliphatic heterocycles. The molecule has 1 aromatic rings. The lowest BCUT2D eigenvalue weighted by Crippen LogP contribution is -2.39. The Bertz CT molecular complexity index is 510. The van der Waals surface area contributed by atoms with Gasteiger partial charge in [-0.2, -0.15) is 0 Å². The zero-order chi connectivity index (χ0) is 14.3. The maximum absolute atomic E-state index is 12.7. The molecule has 1 amide bonds. The minimum absolute atomic E-state index is 0.0863. The van der Waals surface area contributed by atoms with E-state index in [1.807, 2.05) is 17.9 Å². The second-order valence-corrected chi connectivity index (χ2v) is 6.01. The molecule has 2 unspecified atom stereocenters. The number of fused-ring (bicyclic) bond motifs is 2. The third-order valence-electron chi connectivity index (χ3n) is 4.66. The summed E-state index contributed by atoms with van der Waals surface area (Å²) in [5.41, 5.74) is 7.21. The van der Waals surface area contributed by atoms with Crippen molar-refractivity contribution in [2.24, 2.45) is 0 Å². The van der Waals surface area contributed by atoms with Gasteiger partial charge in [0, 0.05) is 36.4 Å². The fourth-order valence-corrected chi connectivity index (χ4v) is 3.49. The smallest absolute Gasteiger partial charge is 0.254 e. The third kappa shape index (κ3) is 2.38. The molecule has 2 N–H and O–H groups in total. The monoisotopic (exact) mass is 274 g/mol. The summed E-state index contributed by atoms with van der Waals surface area (Å²) in [5, 5.41) is 0. The van der Waals surface area contributed by atoms with E-state index in [1.165, 1.54) is 12.8 Å². The predicted octanol–water partition coefficient (Wildman–Crippen LogP) is 1.28. The van der Waals surface area contributed by atoms with Gasteiger partial charge in [0.05, 0.1) is 0 Å². The molecule has 2 fully saturated rings. The third-order valence-corrected chi connectivity index (χ3v) is 4.66. The van der Waals surface area contributed by atoms with E-state index >= 15 is 0 Å². The van der Waals surface area contributed by atoms with E-state index in [4.69, 9.17) is 5.73 Å². The molecule has 2 aliphatic rings. The zero-order valence-electron chi connectivity index (χ0n) is 12.2. The Kier molecular flexibility index (Phi) is 3.38. The van der Waals surface area contributed by atoms with Gasteiger partial charge < -0.3 is 10.6 Å². The number of aryl methyl sites for hydroxylation is 1. The number of amides is 1. The summed E-state index contributed by atoms with van der Waals surface area (Å²) < 4.78 is 0. The Labute approximate surface area is 119 Å². The number of rotatable bonds is 1. The number of likely N-dealkylation sites (tertiary alicyclic amines) is 1. The minimum Gasteiger partial charge on any atom is -0.384 e. The number of anilines is 1. The SMILES string of the molecule is Cc1cc(C(=O)N2CCC3CCC(C2)N3C)cc(N)n1. The van der Waals surface area contributed by atoms with Crippen molar-refractivity contribution in [1.29, 1.82) is 0 Å². The Hall–Kier alpha value is -1.62. The molecule has 5 nitrogen and oxygen atoms in total. The van der Waals surface area contributed by atoms with E-state index in [9.17, 15) is 4.79 Å². The largest absolute Gasteiger partial charge is 0.384 e. The highest BCUT2D eigenvalue weighted by atomic mass is 16.2. The standard InChI is InChI=1S/C15H22N4O/c1-10-7-11(8-14(16)17-10)15(20)19-6-5-12-3-4-13(9-19)18(12)2/h7-8,12-13H,3-6,9H2,1-2H3,(H2,16,17). The first-order valence-electron chi connectivity index (χ1n) is 7.30. The number of likely N-dealkylation sites (N-methyl/N-ethyl adjacent to an activating group) is 1. The van der Waals surface area contributed by atoms with E-state index in [-0.39, 0.29) is 5.91 Å². The van der Waals surface area contributed by atoms with Crippen LogP contribution in [0.25, 0.3) is 0 Å². The minimum atomic E-state index is 0.0863. The summed E-state index contributed by atoms with van der Waals surface area (Å²) >= 11 is 0. The van der Waals surface area contributed by atoms with Crippen LogP contribution in [0.5, 0.6) is 0 Å². The van der Waals surface area contributed by atoms with Crippen LogP contribution >= 0.6 is 0 Å². The predicted molar refractivity (Wildman–Crippen MR) is 78.5 cm³/mol. The van der Waals surface area contributed by atoms with Crippen LogP contribution in [0.2, 0.25) is 0 Å². The molecule has 2 saturated heterocycles. The number of hydrogen-bond donors (Lipinski definition) is 1. The van der Waals surface area contributed by atoms with Crippen LogP contribution in [-0.4, -0.2) is 52.9 Å². The summed E-state index contributed by atoms with van der Waals surface area (Å²) in [6.45, 7) is 3.53. The van der Waals surface area contributed by atoms with Gasteiger partial charge in [0.2, 0.25) is 0 Å². The molecule has 20 heavy (non-hydrogen) atoms. The number of hydrogen-bond acceptors (Lipinski definition) is 4. The summed E-state index contributed by atoms with van der Waals surface area (Å²) in [6, 6.07) is 4.65. The quantitative estimate of drug-likeness (QED) is 0.838. The van der Waals surface area contributed by atoms with Crippen LogP contribution in [0.4, 0.5) is 5.82 Å². The second-order valence-electron chi connectivity index (χ2n) is 6.01. The molecule has 3 heterocycles. The van der Waals surface area contributed by atoms with Crippen molar-refractivity contribution in [3.05, 3.63) is 23.4 Å². The van der Waals surface area contributed by atoms with Gasteiger partial charge in [0.1, 0.15) is 5.82 Å². The number of carbonyl (C=O) groups is 1. The van der Waals surface area contributed by atoms with Crippen LogP contribution in [-0.2, 0) is 0 Å². The first-order chi connectivity index (χ1) is 9.54. The van der Waals surface area contributed by atoms with Crippen molar-refractivity contribution in [3.63, 3.8) is 0 Å². The lowest BCUT2D eigenvalue weighted by Gasteiger charge is -2.26. The molecule has 0 spiro atoms. The average Bonchev–Trinajstić information content (AvgIpc) is 2.61. The van der Waals surface area contributed by atoms with Crippen LogP contribution in [0.15, 0.2) is 12.1 Å². The number of nitrogens with two attached hydrogens (primary N) is 1. The number of nitrogens with zero attached hydrogens (tertiary/aromatic N) is 3. The number of pyridine rings is 1. The Balaban J connectivity index is 1.80. The highest BCUT2D eigenvalue weighted by molar-refractivity contribution is 5.95. The first-order valence-corrected chi connectivity index (χ1v) is 7.30. The topological polar surface area (TPSA) is 62.5 Å². The zero-order valence-corrected chi connectivity index (χ0v) is 12.2. The van der Waals surface area contributed by atoms with Gasteiger partial charge >= 0.3 is 0 Å². The van der Waals surface area contributed by atoms with Gasteiger partial charge in [-0.15, -0.1) is 0 Å². The highest BCUT2D eigenvalue weighted by Gasteiger charge is 2.36. The average molecular weight is 274 g/mol. The molecule has 2 atom stereocenters. The van der Waals surface area contributed by atoms with Crippen molar-refractivity contribution in [1.82, 2.24) is 14.8 Å². The lowest BCUT2D eigenvalue weighted by molar-refractivity contribution is 0.0740. The summed E-state index contributed by atoms with van der Waals surface area (Å²) in [5.74, 6) is 0.505. The number of nitrogen functional groups attached to an aromatic ring is 1. The molecular formula is C15H22N4O. The summed E-state index contributed by atoms with van der Waals surface area (Å²) in [6.07, 6.45) is 3.53. The normalized spacial score (nSPS) is 26.6. The maximum atomic E-state index is 12.7. The molecule has 2 bridgehead atoms. The molecule has 1 aromatic heterocycles. The summed E-state index contributed by atoms with van der Waals surface area (Å²) in [4.78, 5) is 21.2. The van der Waals surface area contributed by atoms with Gasteiger partial charge in [-0.1, -0.05) is 0 Å². The van der Waals surface area contributed by atoms with Crippen molar-refractivity contribution in [2.45, 2.75) is 38.3 Å². The van der Waals surface area contributed by atoms with Gasteiger partial charge in [-0.25, -0.2) is 4.98 Å². The molecule has 0 saturated carbocycles. The fraction of sp³-hybridized carbons (Fsp3) is 0.600. The van der Waals surface area contributed by atoms with Crippen LogP contribution < -0.4 is 5.73 Å². The summed E-state index contributed by atoms with van der Waals surface area (Å²) in [7, 11) is 2.19. The lowest BCUT2D eigenvalue weighted by atomic mass is 10.1. The van der Waals surface area contributed by atoms with Gasteiger partial charge in [0.15, 0.2) is 0 Å². The van der Waals surface area contributed by atoms with Crippen molar-refractivity contribution < 1.29 is 4.79 Å². The molecule has 3 rings (SSSR count). The molecule has 0 aromatic carbocycles. The van der Waals surface area contributed by atoms with Crippen molar-refractivity contribution in [2.75, 3.05) is 25.9 Å². The Morgan fingerprint density at radius 3 is 2.80 bits per heavy atom. The van der Waals surface area contributed by atoms with E-state index in [2.05, 4.69) is 16.9 Å². The Morgan fingerprint density at radius 2 is 2.05 bits per heavy atom. The number of carbonyl (C=O) groups excluding carboxylic acids is 1. The molecular weight excluding hydrogens is 252 g/mol. The molecule has 108 valence electrons. The van der Waals surface area contributed by atoms with E-state index in [1.54, 1.807) is 6.07 Å². The van der Waals surface area contributed by atoms with Crippen molar-refractivity contribution >= 4 is 11.7 Å². The first kappa shape index (κ1) is 13.4. The van der Waals surface area contributed by atoms with Gasteiger partial charge in [-0.05, 0) is 45.4 Å². The van der Waals surface area contributed by atoms with Gasteiger partial charge in [0.25, 0.3) is 5.91 Å².